The van der Waals surface area contributed by atoms with E-state index >= 15 is 0 Å². The third-order valence-electron chi connectivity index (χ3n) is 4.06. The maximum absolute atomic E-state index is 12.3. The molecule has 0 radical (unpaired) electrons. The van der Waals surface area contributed by atoms with Crippen LogP contribution in [0.1, 0.15) is 19.3 Å². The highest BCUT2D eigenvalue weighted by Gasteiger charge is 2.41. The Morgan fingerprint density at radius 3 is 2.38 bits per heavy atom. The second-order valence-electron chi connectivity index (χ2n) is 5.91. The van der Waals surface area contributed by atoms with Crippen LogP contribution in [0.25, 0.3) is 0 Å². The molecule has 8 nitrogen and oxygen atoms in total. The van der Waals surface area contributed by atoms with Crippen molar-refractivity contribution in [3.8, 4) is 0 Å². The zero-order chi connectivity index (χ0) is 17.3. The molecule has 8 heteroatoms. The fourth-order valence-electron chi connectivity index (χ4n) is 2.64. The highest BCUT2D eigenvalue weighted by Crippen LogP contribution is 2.34. The molecule has 2 amide bonds. The Balaban J connectivity index is 1.78. The minimum Gasteiger partial charge on any atom is -0.447 e. The number of hydrogen-bond donors (Lipinski definition) is 2. The van der Waals surface area contributed by atoms with Gasteiger partial charge in [-0.1, -0.05) is 18.2 Å². The lowest BCUT2D eigenvalue weighted by atomic mass is 10.1. The number of nitrogens with zero attached hydrogens (tertiary/aromatic N) is 2. The summed E-state index contributed by atoms with van der Waals surface area (Å²) in [6, 6.07) is 8.13. The molecule has 126 valence electrons. The second kappa shape index (κ2) is 6.31. The van der Waals surface area contributed by atoms with Crippen molar-refractivity contribution >= 4 is 29.2 Å². The van der Waals surface area contributed by atoms with Crippen LogP contribution in [0.4, 0.5) is 5.69 Å². The lowest BCUT2D eigenvalue weighted by Gasteiger charge is -2.20. The zero-order valence-electron chi connectivity index (χ0n) is 12.9. The van der Waals surface area contributed by atoms with Gasteiger partial charge in [-0.25, -0.2) is 4.79 Å². The van der Waals surface area contributed by atoms with Crippen LogP contribution in [0.5, 0.6) is 0 Å². The Morgan fingerprint density at radius 1 is 1.17 bits per heavy atom. The third kappa shape index (κ3) is 3.22. The first-order chi connectivity index (χ1) is 11.5. The number of carbonyl (C=O) groups excluding carboxylic acids is 3. The van der Waals surface area contributed by atoms with Crippen LogP contribution in [0.3, 0.4) is 0 Å². The van der Waals surface area contributed by atoms with Crippen molar-refractivity contribution < 1.29 is 19.1 Å². The Hall–Kier alpha value is -2.90. The monoisotopic (exact) mass is 330 g/mol. The van der Waals surface area contributed by atoms with Gasteiger partial charge in [-0.05, 0) is 25.0 Å². The molecule has 0 unspecified atom stereocenters. The number of hydrogen-bond acceptors (Lipinski definition) is 6. The van der Waals surface area contributed by atoms with Crippen LogP contribution in [0.15, 0.2) is 35.4 Å². The number of benzene rings is 1. The maximum Gasteiger partial charge on any atom is 0.355 e. The van der Waals surface area contributed by atoms with Crippen molar-refractivity contribution in [1.29, 1.82) is 0 Å². The van der Waals surface area contributed by atoms with E-state index < -0.39 is 29.9 Å². The van der Waals surface area contributed by atoms with Gasteiger partial charge in [0.2, 0.25) is 5.91 Å². The molecule has 24 heavy (non-hydrogen) atoms. The van der Waals surface area contributed by atoms with Gasteiger partial charge in [0.15, 0.2) is 6.10 Å². The van der Waals surface area contributed by atoms with Gasteiger partial charge in [-0.3, -0.25) is 14.6 Å². The van der Waals surface area contributed by atoms with E-state index in [1.165, 1.54) is 5.01 Å². The Labute approximate surface area is 138 Å². The molecule has 1 aliphatic heterocycles. The fourth-order valence-corrected chi connectivity index (χ4v) is 2.64. The van der Waals surface area contributed by atoms with Gasteiger partial charge in [0.1, 0.15) is 11.8 Å². The molecule has 1 aromatic carbocycles. The lowest BCUT2D eigenvalue weighted by molar-refractivity contribution is -0.149. The quantitative estimate of drug-likeness (QED) is 0.705. The van der Waals surface area contributed by atoms with Gasteiger partial charge in [-0.2, -0.15) is 5.10 Å². The first kappa shape index (κ1) is 16.0. The number of nitrogens with two attached hydrogens (primary N) is 2. The SMILES string of the molecule is NC(=O)[C@H](OC(=O)C1=NN(c2ccccc2)[C@H](C(N)=O)C1)C1CC1. The molecule has 4 N–H and O–H groups in total. The smallest absolute Gasteiger partial charge is 0.355 e. The van der Waals surface area contributed by atoms with Gasteiger partial charge >= 0.3 is 5.97 Å². The number of amides is 2. The summed E-state index contributed by atoms with van der Waals surface area (Å²) in [7, 11) is 0. The molecule has 1 aromatic rings. The van der Waals surface area contributed by atoms with Gasteiger partial charge in [-0.15, -0.1) is 0 Å². The summed E-state index contributed by atoms with van der Waals surface area (Å²) in [4.78, 5) is 35.4. The van der Waals surface area contributed by atoms with Crippen LogP contribution in [0.2, 0.25) is 0 Å². The first-order valence-corrected chi connectivity index (χ1v) is 7.68. The predicted molar refractivity (Wildman–Crippen MR) is 85.8 cm³/mol. The molecule has 1 heterocycles. The van der Waals surface area contributed by atoms with Crippen LogP contribution >= 0.6 is 0 Å². The topological polar surface area (TPSA) is 128 Å². The Bertz CT molecular complexity index is 699. The van der Waals surface area contributed by atoms with Crippen molar-refractivity contribution in [3.63, 3.8) is 0 Å². The highest BCUT2D eigenvalue weighted by atomic mass is 16.5. The lowest BCUT2D eigenvalue weighted by Crippen LogP contribution is -2.40. The number of carbonyl (C=O) groups is 3. The zero-order valence-corrected chi connectivity index (χ0v) is 12.9. The summed E-state index contributed by atoms with van der Waals surface area (Å²) in [5, 5.41) is 5.57. The number of esters is 1. The molecule has 3 rings (SSSR count). The molecule has 2 atom stereocenters. The number of rotatable bonds is 6. The van der Waals surface area contributed by atoms with Crippen LogP contribution in [-0.4, -0.2) is 35.6 Å². The standard InChI is InChI=1S/C16H18N4O4/c17-14(21)12-8-11(19-20(12)10-4-2-1-3-5-10)16(23)24-13(15(18)22)9-6-7-9/h1-5,9,12-13H,6-8H2,(H2,17,21)(H2,18,22)/t12-,13+/m0/s1. The Morgan fingerprint density at radius 2 is 1.83 bits per heavy atom. The van der Waals surface area contributed by atoms with Crippen LogP contribution in [-0.2, 0) is 19.1 Å². The third-order valence-corrected chi connectivity index (χ3v) is 4.06. The van der Waals surface area contributed by atoms with Crippen molar-refractivity contribution in [3.05, 3.63) is 30.3 Å². The Kier molecular flexibility index (Phi) is 4.20. The summed E-state index contributed by atoms with van der Waals surface area (Å²) in [6.07, 6.45) is 0.679. The second-order valence-corrected chi connectivity index (χ2v) is 5.91. The number of ether oxygens (including phenoxy) is 1. The van der Waals surface area contributed by atoms with E-state index in [0.29, 0.717) is 5.69 Å². The van der Waals surface area contributed by atoms with Gasteiger partial charge in [0.05, 0.1) is 5.69 Å². The number of primary amides is 2. The molecule has 0 bridgehead atoms. The average Bonchev–Trinajstić information content (AvgIpc) is 3.29. The average molecular weight is 330 g/mol. The fraction of sp³-hybridized carbons (Fsp3) is 0.375. The summed E-state index contributed by atoms with van der Waals surface area (Å²) in [6.45, 7) is 0. The minimum absolute atomic E-state index is 0.0226. The van der Waals surface area contributed by atoms with Crippen LogP contribution in [0, 0.1) is 5.92 Å². The van der Waals surface area contributed by atoms with Gasteiger partial charge < -0.3 is 16.2 Å². The van der Waals surface area contributed by atoms with E-state index in [1.54, 1.807) is 24.3 Å². The van der Waals surface area contributed by atoms with Gasteiger partial charge in [0.25, 0.3) is 5.91 Å². The summed E-state index contributed by atoms with van der Waals surface area (Å²) in [5.41, 5.74) is 11.4. The van der Waals surface area contributed by atoms with Gasteiger partial charge in [0, 0.05) is 12.3 Å². The number of anilines is 1. The predicted octanol–water partition coefficient (Wildman–Crippen LogP) is -0.0863. The normalized spacial score (nSPS) is 21.1. The highest BCUT2D eigenvalue weighted by molar-refractivity contribution is 6.38. The summed E-state index contributed by atoms with van der Waals surface area (Å²) in [5.74, 6) is -2.03. The van der Waals surface area contributed by atoms with E-state index in [9.17, 15) is 14.4 Å². The first-order valence-electron chi connectivity index (χ1n) is 7.68. The molecule has 2 aliphatic rings. The van der Waals surface area contributed by atoms with Crippen molar-refractivity contribution in [2.75, 3.05) is 5.01 Å². The van der Waals surface area contributed by atoms with Crippen LogP contribution < -0.4 is 16.5 Å². The van der Waals surface area contributed by atoms with Crippen molar-refractivity contribution in [2.24, 2.45) is 22.5 Å². The van der Waals surface area contributed by atoms with E-state index in [4.69, 9.17) is 16.2 Å². The molecule has 1 saturated carbocycles. The molecule has 0 aromatic heterocycles. The summed E-state index contributed by atoms with van der Waals surface area (Å²) < 4.78 is 5.21. The molecule has 0 saturated heterocycles. The maximum atomic E-state index is 12.3. The molecular weight excluding hydrogens is 312 g/mol. The molecular formula is C16H18N4O4. The van der Waals surface area contributed by atoms with E-state index in [2.05, 4.69) is 5.10 Å². The summed E-state index contributed by atoms with van der Waals surface area (Å²) >= 11 is 0. The van der Waals surface area contributed by atoms with Crippen molar-refractivity contribution in [1.82, 2.24) is 0 Å². The van der Waals surface area contributed by atoms with E-state index in [1.807, 2.05) is 6.07 Å². The van der Waals surface area contributed by atoms with E-state index in [-0.39, 0.29) is 18.1 Å². The molecule has 0 spiro atoms. The largest absolute Gasteiger partial charge is 0.447 e. The number of para-hydroxylation sites is 1. The minimum atomic E-state index is -0.946. The van der Waals surface area contributed by atoms with E-state index in [0.717, 1.165) is 12.8 Å². The number of hydrazone groups is 1. The molecule has 1 aliphatic carbocycles. The molecule has 1 fully saturated rings. The van der Waals surface area contributed by atoms with Crippen molar-refractivity contribution in [2.45, 2.75) is 31.4 Å².